The lowest BCUT2D eigenvalue weighted by atomic mass is 9.99. The van der Waals surface area contributed by atoms with Crippen molar-refractivity contribution in [3.8, 4) is 23.0 Å². The van der Waals surface area contributed by atoms with Crippen molar-refractivity contribution in [2.24, 2.45) is 11.8 Å². The molecule has 2 N–H and O–H groups in total. The highest BCUT2D eigenvalue weighted by molar-refractivity contribution is 5.85. The van der Waals surface area contributed by atoms with E-state index in [-0.39, 0.29) is 18.1 Å². The minimum absolute atomic E-state index is 0. The third-order valence-corrected chi connectivity index (χ3v) is 7.63. The van der Waals surface area contributed by atoms with Gasteiger partial charge >= 0.3 is 0 Å². The minimum atomic E-state index is -0.432. The van der Waals surface area contributed by atoms with Gasteiger partial charge in [0.25, 0.3) is 5.69 Å². The quantitative estimate of drug-likeness (QED) is 0.204. The molecule has 2 aromatic rings. The van der Waals surface area contributed by atoms with E-state index in [2.05, 4.69) is 23.6 Å². The molecular formula is C30H47ClN4O6. The molecule has 0 unspecified atom stereocenters. The molecule has 0 amide bonds. The van der Waals surface area contributed by atoms with Gasteiger partial charge in [0.05, 0.1) is 25.2 Å². The number of rotatable bonds is 11. The molecule has 4 rings (SSSR count). The zero-order valence-electron chi connectivity index (χ0n) is 24.9. The zero-order chi connectivity index (χ0) is 28.9. The summed E-state index contributed by atoms with van der Waals surface area (Å²) in [5, 5.41) is 10.8. The fourth-order valence-electron chi connectivity index (χ4n) is 4.84. The number of nitro benzene ring substituents is 1. The number of nitro groups is 1. The lowest BCUT2D eigenvalue weighted by molar-refractivity contribution is -0.385. The van der Waals surface area contributed by atoms with E-state index in [0.29, 0.717) is 30.4 Å². The van der Waals surface area contributed by atoms with E-state index in [1.165, 1.54) is 58.0 Å². The molecule has 2 heterocycles. The number of halogens is 1. The van der Waals surface area contributed by atoms with Crippen LogP contribution in [0.15, 0.2) is 36.4 Å². The van der Waals surface area contributed by atoms with Gasteiger partial charge in [-0.1, -0.05) is 13.8 Å². The molecule has 2 saturated heterocycles. The number of nitrogens with two attached hydrogens (primary N) is 1. The lowest BCUT2D eigenvalue weighted by Gasteiger charge is -2.30. The van der Waals surface area contributed by atoms with Crippen LogP contribution in [0, 0.1) is 22.0 Å². The summed E-state index contributed by atoms with van der Waals surface area (Å²) in [6.45, 7) is 12.1. The highest BCUT2D eigenvalue weighted by Crippen LogP contribution is 2.31. The molecule has 0 spiro atoms. The lowest BCUT2D eigenvalue weighted by Crippen LogP contribution is -2.35. The van der Waals surface area contributed by atoms with Crippen LogP contribution in [0.4, 0.5) is 11.4 Å². The monoisotopic (exact) mass is 594 g/mol. The van der Waals surface area contributed by atoms with E-state index in [1.807, 2.05) is 18.2 Å². The molecule has 0 aromatic heterocycles. The maximum atomic E-state index is 10.8. The van der Waals surface area contributed by atoms with Crippen LogP contribution in [0.1, 0.15) is 39.5 Å². The van der Waals surface area contributed by atoms with Crippen molar-refractivity contribution in [3.05, 3.63) is 46.5 Å². The molecule has 0 aliphatic carbocycles. The van der Waals surface area contributed by atoms with E-state index < -0.39 is 4.92 Å². The Morgan fingerprint density at radius 1 is 0.780 bits per heavy atom. The van der Waals surface area contributed by atoms with Gasteiger partial charge in [-0.05, 0) is 81.9 Å². The number of likely N-dealkylation sites (tertiary alicyclic amines) is 2. The zero-order valence-corrected chi connectivity index (χ0v) is 25.7. The van der Waals surface area contributed by atoms with E-state index in [9.17, 15) is 10.1 Å². The Labute approximate surface area is 250 Å². The maximum Gasteiger partial charge on any atom is 0.273 e. The van der Waals surface area contributed by atoms with Crippen molar-refractivity contribution in [1.29, 1.82) is 0 Å². The second-order valence-corrected chi connectivity index (χ2v) is 10.7. The molecule has 10 nitrogen and oxygen atoms in total. The second-order valence-electron chi connectivity index (χ2n) is 10.7. The van der Waals surface area contributed by atoms with Crippen molar-refractivity contribution in [1.82, 2.24) is 9.80 Å². The average Bonchev–Trinajstić information content (AvgIpc) is 2.95. The van der Waals surface area contributed by atoms with Crippen LogP contribution in [0.2, 0.25) is 0 Å². The van der Waals surface area contributed by atoms with E-state index in [0.717, 1.165) is 49.5 Å². The number of piperidine rings is 2. The molecule has 2 aromatic carbocycles. The number of benzene rings is 2. The Balaban J connectivity index is 0.000000281. The first kappa shape index (κ1) is 34.3. The molecule has 2 aliphatic heterocycles. The van der Waals surface area contributed by atoms with Crippen LogP contribution >= 0.6 is 12.4 Å². The SMILES string of the molecule is COc1ccc(N)cc1OCCN1CCC(C)CC1.COc1ccc([N+](=O)[O-])cc1OCCN1CCC(C)CC1.Cl. The molecule has 0 bridgehead atoms. The van der Waals surface area contributed by atoms with Crippen LogP contribution in [-0.4, -0.2) is 81.4 Å². The summed E-state index contributed by atoms with van der Waals surface area (Å²) in [7, 11) is 3.17. The summed E-state index contributed by atoms with van der Waals surface area (Å²) in [4.78, 5) is 15.2. The Morgan fingerprint density at radius 2 is 1.22 bits per heavy atom. The number of hydrogen-bond acceptors (Lipinski definition) is 9. The highest BCUT2D eigenvalue weighted by atomic mass is 35.5. The highest BCUT2D eigenvalue weighted by Gasteiger charge is 2.17. The fraction of sp³-hybridized carbons (Fsp3) is 0.600. The summed E-state index contributed by atoms with van der Waals surface area (Å²) in [5.74, 6) is 4.09. The molecule has 2 aliphatic rings. The van der Waals surface area contributed by atoms with Crippen molar-refractivity contribution in [3.63, 3.8) is 0 Å². The molecule has 41 heavy (non-hydrogen) atoms. The van der Waals surface area contributed by atoms with Crippen LogP contribution < -0.4 is 24.7 Å². The Hall–Kier alpha value is -2.95. The van der Waals surface area contributed by atoms with Crippen molar-refractivity contribution in [2.75, 3.05) is 72.4 Å². The molecular weight excluding hydrogens is 548 g/mol. The van der Waals surface area contributed by atoms with E-state index in [4.69, 9.17) is 24.7 Å². The fourth-order valence-corrected chi connectivity index (χ4v) is 4.84. The van der Waals surface area contributed by atoms with Crippen molar-refractivity contribution in [2.45, 2.75) is 39.5 Å². The van der Waals surface area contributed by atoms with Gasteiger partial charge in [-0.25, -0.2) is 0 Å². The van der Waals surface area contributed by atoms with Gasteiger partial charge in [-0.15, -0.1) is 12.4 Å². The summed E-state index contributed by atoms with van der Waals surface area (Å²) < 4.78 is 21.9. The van der Waals surface area contributed by atoms with Crippen molar-refractivity contribution < 1.29 is 23.9 Å². The summed E-state index contributed by atoms with van der Waals surface area (Å²) >= 11 is 0. The topological polar surface area (TPSA) is 113 Å². The van der Waals surface area contributed by atoms with Crippen LogP contribution in [-0.2, 0) is 0 Å². The largest absolute Gasteiger partial charge is 0.493 e. The van der Waals surface area contributed by atoms with E-state index in [1.54, 1.807) is 13.2 Å². The number of anilines is 1. The first-order chi connectivity index (χ1) is 19.3. The van der Waals surface area contributed by atoms with Gasteiger partial charge < -0.3 is 24.7 Å². The second kappa shape index (κ2) is 17.8. The van der Waals surface area contributed by atoms with Gasteiger partial charge in [0.15, 0.2) is 23.0 Å². The number of non-ortho nitro benzene ring substituents is 1. The smallest absolute Gasteiger partial charge is 0.273 e. The summed E-state index contributed by atoms with van der Waals surface area (Å²) in [6, 6.07) is 9.87. The number of hydrogen-bond donors (Lipinski definition) is 1. The third-order valence-electron chi connectivity index (χ3n) is 7.63. The standard InChI is InChI=1S/C15H22N2O4.C15H24N2O2.ClH/c1-12-5-7-16(8-6-12)9-10-21-15-11-13(17(18)19)3-4-14(15)20-2;1-12-5-7-17(8-6-12)9-10-19-15-11-13(16)3-4-14(15)18-2;/h3-4,11-12H,5-10H2,1-2H3;3-4,11-12H,5-10,16H2,1-2H3;1H. The first-order valence-corrected chi connectivity index (χ1v) is 14.2. The average molecular weight is 595 g/mol. The third kappa shape index (κ3) is 11.4. The van der Waals surface area contributed by atoms with Crippen molar-refractivity contribution >= 4 is 23.8 Å². The molecule has 0 radical (unpaired) electrons. The predicted molar refractivity (Wildman–Crippen MR) is 165 cm³/mol. The predicted octanol–water partition coefficient (Wildman–Crippen LogP) is 5.52. The van der Waals surface area contributed by atoms with Gasteiger partial charge in [0, 0.05) is 30.9 Å². The normalized spacial score (nSPS) is 16.6. The molecule has 0 atom stereocenters. The maximum absolute atomic E-state index is 10.8. The van der Waals surface area contributed by atoms with Gasteiger partial charge in [-0.3, -0.25) is 19.9 Å². The number of nitrogen functional groups attached to an aromatic ring is 1. The number of methoxy groups -OCH3 is 2. The summed E-state index contributed by atoms with van der Waals surface area (Å²) in [5.41, 5.74) is 6.47. The van der Waals surface area contributed by atoms with Crippen LogP contribution in [0.25, 0.3) is 0 Å². The van der Waals surface area contributed by atoms with Crippen LogP contribution in [0.3, 0.4) is 0 Å². The minimum Gasteiger partial charge on any atom is -0.493 e. The Bertz CT molecular complexity index is 1060. The van der Waals surface area contributed by atoms with Gasteiger partial charge in [0.1, 0.15) is 13.2 Å². The molecule has 0 saturated carbocycles. The van der Waals surface area contributed by atoms with Crippen LogP contribution in [0.5, 0.6) is 23.0 Å². The van der Waals surface area contributed by atoms with E-state index >= 15 is 0 Å². The Morgan fingerprint density at radius 3 is 1.66 bits per heavy atom. The number of nitrogens with zero attached hydrogens (tertiary/aromatic N) is 3. The van der Waals surface area contributed by atoms with Gasteiger partial charge in [0.2, 0.25) is 0 Å². The summed E-state index contributed by atoms with van der Waals surface area (Å²) in [6.07, 6.45) is 5.03. The molecule has 230 valence electrons. The first-order valence-electron chi connectivity index (χ1n) is 14.2. The molecule has 11 heteroatoms. The molecule has 2 fully saturated rings. The Kier molecular flexibility index (Phi) is 14.8. The van der Waals surface area contributed by atoms with Gasteiger partial charge in [-0.2, -0.15) is 0 Å². The number of ether oxygens (including phenoxy) is 4.